The number of imidazole rings is 1. The van der Waals surface area contributed by atoms with Gasteiger partial charge in [0.05, 0.1) is 24.7 Å². The maximum absolute atomic E-state index is 13.1. The van der Waals surface area contributed by atoms with E-state index < -0.39 is 0 Å². The zero-order chi connectivity index (χ0) is 28.7. The number of nitrogens with zero attached hydrogens (tertiary/aromatic N) is 3. The first-order valence-corrected chi connectivity index (χ1v) is 14.5. The smallest absolute Gasteiger partial charge is 0.227 e. The van der Waals surface area contributed by atoms with Crippen molar-refractivity contribution in [3.63, 3.8) is 0 Å². The van der Waals surface area contributed by atoms with E-state index >= 15 is 0 Å². The van der Waals surface area contributed by atoms with Gasteiger partial charge in [0, 0.05) is 18.2 Å². The molecule has 5 aromatic rings. The van der Waals surface area contributed by atoms with Crippen LogP contribution in [0.25, 0.3) is 11.0 Å². The van der Waals surface area contributed by atoms with Crippen LogP contribution in [-0.2, 0) is 24.5 Å². The minimum absolute atomic E-state index is 0.00614. The molecule has 2 heterocycles. The van der Waals surface area contributed by atoms with Crippen LogP contribution in [-0.4, -0.2) is 40.6 Å². The predicted molar refractivity (Wildman–Crippen MR) is 166 cm³/mol. The van der Waals surface area contributed by atoms with E-state index in [2.05, 4.69) is 45.1 Å². The number of likely N-dealkylation sites (tertiary alicyclic amines) is 1. The van der Waals surface area contributed by atoms with Gasteiger partial charge in [-0.1, -0.05) is 54.6 Å². The van der Waals surface area contributed by atoms with E-state index in [1.807, 2.05) is 72.8 Å². The summed E-state index contributed by atoms with van der Waals surface area (Å²) < 4.78 is 13.5. The fourth-order valence-corrected chi connectivity index (χ4v) is 5.51. The first-order valence-electron chi connectivity index (χ1n) is 14.5. The summed E-state index contributed by atoms with van der Waals surface area (Å²) >= 11 is 0. The molecule has 1 aromatic heterocycles. The molecule has 0 saturated carbocycles. The molecule has 214 valence electrons. The second-order valence-electron chi connectivity index (χ2n) is 10.8. The molecule has 0 spiro atoms. The summed E-state index contributed by atoms with van der Waals surface area (Å²) in [6.45, 7) is 3.73. The van der Waals surface area contributed by atoms with E-state index in [0.717, 1.165) is 78.6 Å². The number of fused-ring (bicyclic) bond motifs is 1. The van der Waals surface area contributed by atoms with Crippen molar-refractivity contribution < 1.29 is 14.3 Å². The average Bonchev–Trinajstić information content (AvgIpc) is 3.38. The van der Waals surface area contributed by atoms with Crippen LogP contribution in [0.3, 0.4) is 0 Å². The van der Waals surface area contributed by atoms with Crippen molar-refractivity contribution >= 4 is 22.6 Å². The van der Waals surface area contributed by atoms with Crippen LogP contribution < -0.4 is 14.8 Å². The molecule has 1 aliphatic rings. The molecule has 0 radical (unpaired) electrons. The number of carbonyl (C=O) groups excluding carboxylic acids is 1. The van der Waals surface area contributed by atoms with Crippen molar-refractivity contribution in [3.8, 4) is 11.5 Å². The lowest BCUT2D eigenvalue weighted by atomic mass is 9.96. The molecule has 1 aliphatic heterocycles. The highest BCUT2D eigenvalue weighted by atomic mass is 16.5. The molecular weight excluding hydrogens is 524 g/mol. The van der Waals surface area contributed by atoms with E-state index in [0.29, 0.717) is 6.61 Å². The van der Waals surface area contributed by atoms with Gasteiger partial charge >= 0.3 is 0 Å². The third-order valence-electron chi connectivity index (χ3n) is 7.93. The zero-order valence-corrected chi connectivity index (χ0v) is 23.9. The van der Waals surface area contributed by atoms with Crippen LogP contribution in [0.15, 0.2) is 103 Å². The number of nitrogens with one attached hydrogen (secondary N) is 1. The third kappa shape index (κ3) is 6.64. The molecule has 7 heteroatoms. The molecule has 42 heavy (non-hydrogen) atoms. The number of anilines is 1. The molecule has 0 aliphatic carbocycles. The highest BCUT2D eigenvalue weighted by Gasteiger charge is 2.26. The van der Waals surface area contributed by atoms with Gasteiger partial charge in [-0.25, -0.2) is 4.98 Å². The number of piperidine rings is 1. The summed E-state index contributed by atoms with van der Waals surface area (Å²) in [6, 6.07) is 34.2. The van der Waals surface area contributed by atoms with Crippen LogP contribution in [0, 0.1) is 5.92 Å². The quantitative estimate of drug-likeness (QED) is 0.211. The van der Waals surface area contributed by atoms with E-state index in [-0.39, 0.29) is 11.8 Å². The van der Waals surface area contributed by atoms with E-state index in [1.54, 1.807) is 7.11 Å². The molecule has 1 N–H and O–H groups in total. The molecule has 1 fully saturated rings. The summed E-state index contributed by atoms with van der Waals surface area (Å²) in [5.41, 5.74) is 5.25. The third-order valence-corrected chi connectivity index (χ3v) is 7.93. The maximum Gasteiger partial charge on any atom is 0.227 e. The Morgan fingerprint density at radius 1 is 0.810 bits per heavy atom. The lowest BCUT2D eigenvalue weighted by molar-refractivity contribution is -0.121. The summed E-state index contributed by atoms with van der Waals surface area (Å²) in [4.78, 5) is 20.5. The first kappa shape index (κ1) is 27.5. The minimum atomic E-state index is -0.00614. The predicted octanol–water partition coefficient (Wildman–Crippen LogP) is 6.52. The Morgan fingerprint density at radius 3 is 2.24 bits per heavy atom. The summed E-state index contributed by atoms with van der Waals surface area (Å²) in [5.74, 6) is 2.76. The van der Waals surface area contributed by atoms with Crippen LogP contribution in [0.1, 0.15) is 29.8 Å². The largest absolute Gasteiger partial charge is 0.497 e. The highest BCUT2D eigenvalue weighted by molar-refractivity contribution is 5.92. The van der Waals surface area contributed by atoms with Crippen molar-refractivity contribution in [1.82, 2.24) is 14.5 Å². The second kappa shape index (κ2) is 12.9. The number of benzene rings is 4. The van der Waals surface area contributed by atoms with Crippen molar-refractivity contribution in [1.29, 1.82) is 0 Å². The number of carbonyl (C=O) groups is 1. The molecule has 1 saturated heterocycles. The fraction of sp³-hybridized carbons (Fsp3) is 0.257. The van der Waals surface area contributed by atoms with Gasteiger partial charge in [0.25, 0.3) is 0 Å². The Balaban J connectivity index is 1.03. The molecule has 0 bridgehead atoms. The molecule has 1 amide bonds. The highest BCUT2D eigenvalue weighted by Crippen LogP contribution is 2.25. The molecule has 0 atom stereocenters. The van der Waals surface area contributed by atoms with Crippen molar-refractivity contribution in [2.24, 2.45) is 5.92 Å². The molecular formula is C35H36N4O3. The van der Waals surface area contributed by atoms with Crippen LogP contribution >= 0.6 is 0 Å². The van der Waals surface area contributed by atoms with Crippen molar-refractivity contribution in [3.05, 3.63) is 120 Å². The van der Waals surface area contributed by atoms with Gasteiger partial charge in [-0.2, -0.15) is 0 Å². The number of aromatic nitrogens is 2. The van der Waals surface area contributed by atoms with E-state index in [9.17, 15) is 4.79 Å². The van der Waals surface area contributed by atoms with Crippen LogP contribution in [0.2, 0.25) is 0 Å². The number of hydrogen-bond acceptors (Lipinski definition) is 5. The molecule has 0 unspecified atom stereocenters. The summed E-state index contributed by atoms with van der Waals surface area (Å²) in [5, 5.41) is 3.10. The van der Waals surface area contributed by atoms with Gasteiger partial charge in [-0.15, -0.1) is 0 Å². The van der Waals surface area contributed by atoms with Gasteiger partial charge < -0.3 is 19.4 Å². The topological polar surface area (TPSA) is 68.6 Å². The minimum Gasteiger partial charge on any atom is -0.497 e. The maximum atomic E-state index is 13.1. The Morgan fingerprint density at radius 2 is 1.50 bits per heavy atom. The fourth-order valence-electron chi connectivity index (χ4n) is 5.51. The van der Waals surface area contributed by atoms with Gasteiger partial charge in [-0.3, -0.25) is 9.69 Å². The van der Waals surface area contributed by atoms with E-state index in [1.165, 1.54) is 5.56 Å². The number of rotatable bonds is 10. The van der Waals surface area contributed by atoms with Gasteiger partial charge in [0.15, 0.2) is 0 Å². The summed E-state index contributed by atoms with van der Waals surface area (Å²) in [7, 11) is 1.68. The first-order chi connectivity index (χ1) is 20.6. The van der Waals surface area contributed by atoms with Crippen LogP contribution in [0.4, 0.5) is 5.69 Å². The summed E-state index contributed by atoms with van der Waals surface area (Å²) in [6.07, 6.45) is 1.64. The van der Waals surface area contributed by atoms with Gasteiger partial charge in [-0.05, 0) is 85.6 Å². The van der Waals surface area contributed by atoms with Gasteiger partial charge in [0.1, 0.15) is 23.9 Å². The molecule has 4 aromatic carbocycles. The number of para-hydroxylation sites is 2. The lowest BCUT2D eigenvalue weighted by Gasteiger charge is -2.31. The Kier molecular flexibility index (Phi) is 8.47. The number of methoxy groups -OCH3 is 1. The number of hydrogen-bond donors (Lipinski definition) is 1. The average molecular weight is 561 g/mol. The Labute approximate surface area is 246 Å². The molecule has 7 nitrogen and oxygen atoms in total. The molecule has 6 rings (SSSR count). The standard InChI is InChI=1S/C35H36N4O3/c1-41-30-15-11-26(12-16-30)23-39-33-10-6-5-9-32(33)37-34(39)24-38-21-19-28(20-22-38)35(40)36-29-13-17-31(18-14-29)42-25-27-7-3-2-4-8-27/h2-18,28H,19-25H2,1H3,(H,36,40). The van der Waals surface area contributed by atoms with Crippen molar-refractivity contribution in [2.45, 2.75) is 32.5 Å². The zero-order valence-electron chi connectivity index (χ0n) is 23.9. The second-order valence-corrected chi connectivity index (χ2v) is 10.8. The lowest BCUT2D eigenvalue weighted by Crippen LogP contribution is -2.38. The number of amides is 1. The van der Waals surface area contributed by atoms with Crippen molar-refractivity contribution in [2.75, 3.05) is 25.5 Å². The normalized spacial score (nSPS) is 14.1. The Bertz CT molecular complexity index is 1610. The van der Waals surface area contributed by atoms with Crippen LogP contribution in [0.5, 0.6) is 11.5 Å². The van der Waals surface area contributed by atoms with Gasteiger partial charge in [0.2, 0.25) is 5.91 Å². The Hall–Kier alpha value is -4.62. The monoisotopic (exact) mass is 560 g/mol. The number of ether oxygens (including phenoxy) is 2. The SMILES string of the molecule is COc1ccc(Cn2c(CN3CCC(C(=O)Nc4ccc(OCc5ccccc5)cc4)CC3)nc3ccccc32)cc1. The van der Waals surface area contributed by atoms with E-state index in [4.69, 9.17) is 14.5 Å².